The monoisotopic (exact) mass is 600 g/mol. The summed E-state index contributed by atoms with van der Waals surface area (Å²) in [4.78, 5) is 22.5. The fraction of sp³-hybridized carbons (Fsp3) is 0.281. The second-order valence-electron chi connectivity index (χ2n) is 11.0. The first kappa shape index (κ1) is 27.4. The number of fused-ring (bicyclic) bond motifs is 2. The molecule has 6 aromatic rings. The second kappa shape index (κ2) is 10.4. The van der Waals surface area contributed by atoms with Gasteiger partial charge in [0.15, 0.2) is 5.82 Å². The molecule has 0 unspecified atom stereocenters. The number of ether oxygens (including phenoxy) is 2. The van der Waals surface area contributed by atoms with Gasteiger partial charge in [0.05, 0.1) is 52.4 Å². The summed E-state index contributed by atoms with van der Waals surface area (Å²) in [5.41, 5.74) is 6.41. The molecule has 0 saturated carbocycles. The molecule has 9 nitrogen and oxygen atoms in total. The molecule has 1 aliphatic heterocycles. The van der Waals surface area contributed by atoms with Crippen LogP contribution in [0.1, 0.15) is 24.3 Å². The van der Waals surface area contributed by atoms with Crippen molar-refractivity contribution in [3.05, 3.63) is 81.9 Å². The quantitative estimate of drug-likeness (QED) is 0.243. The minimum absolute atomic E-state index is 0.100. The van der Waals surface area contributed by atoms with E-state index < -0.39 is 5.82 Å². The van der Waals surface area contributed by atoms with E-state index in [0.717, 1.165) is 40.8 Å². The van der Waals surface area contributed by atoms with Crippen LogP contribution in [-0.4, -0.2) is 48.6 Å². The highest BCUT2D eigenvalue weighted by molar-refractivity contribution is 6.32. The van der Waals surface area contributed by atoms with Crippen LogP contribution >= 0.6 is 11.6 Å². The summed E-state index contributed by atoms with van der Waals surface area (Å²) in [6.07, 6.45) is 5.16. The number of halogens is 2. The van der Waals surface area contributed by atoms with Gasteiger partial charge in [-0.3, -0.25) is 13.7 Å². The van der Waals surface area contributed by atoms with Gasteiger partial charge in [-0.25, -0.2) is 19.2 Å². The van der Waals surface area contributed by atoms with E-state index >= 15 is 4.39 Å². The van der Waals surface area contributed by atoms with Crippen molar-refractivity contribution in [3.63, 3.8) is 0 Å². The molecule has 220 valence electrons. The maximum atomic E-state index is 16.0. The Labute approximate surface area is 251 Å². The molecule has 4 heterocycles. The van der Waals surface area contributed by atoms with Gasteiger partial charge in [0.2, 0.25) is 0 Å². The topological polar surface area (TPSA) is 81.0 Å². The molecule has 43 heavy (non-hydrogen) atoms. The van der Waals surface area contributed by atoms with Crippen molar-refractivity contribution in [1.29, 1.82) is 0 Å². The van der Waals surface area contributed by atoms with Crippen LogP contribution in [-0.2, 0) is 25.9 Å². The number of methoxy groups -OCH3 is 1. The van der Waals surface area contributed by atoms with Gasteiger partial charge in [0, 0.05) is 46.0 Å². The largest absolute Gasteiger partial charge is 0.495 e. The number of benzene rings is 3. The first-order valence-corrected chi connectivity index (χ1v) is 14.4. The lowest BCUT2D eigenvalue weighted by Crippen LogP contribution is -2.20. The van der Waals surface area contributed by atoms with E-state index in [2.05, 4.69) is 11.1 Å². The number of rotatable bonds is 5. The zero-order valence-electron chi connectivity index (χ0n) is 24.3. The number of aryl methyl sites for hydroxylation is 3. The van der Waals surface area contributed by atoms with Gasteiger partial charge < -0.3 is 14.0 Å². The number of aromatic nitrogens is 6. The molecule has 0 amide bonds. The van der Waals surface area contributed by atoms with E-state index in [-0.39, 0.29) is 11.6 Å². The first-order chi connectivity index (χ1) is 20.8. The van der Waals surface area contributed by atoms with E-state index in [0.29, 0.717) is 52.0 Å². The van der Waals surface area contributed by atoms with Crippen molar-refractivity contribution in [2.24, 2.45) is 21.1 Å². The Bertz CT molecular complexity index is 2100. The Hall–Kier alpha value is -4.41. The molecule has 11 heteroatoms. The average Bonchev–Trinajstić information content (AvgIpc) is 3.67. The minimum Gasteiger partial charge on any atom is -0.495 e. The van der Waals surface area contributed by atoms with Crippen LogP contribution in [0.3, 0.4) is 0 Å². The molecular formula is C32H30ClFN6O3. The zero-order valence-corrected chi connectivity index (χ0v) is 25.0. The summed E-state index contributed by atoms with van der Waals surface area (Å²) in [5.74, 6) is 0.921. The Morgan fingerprint density at radius 1 is 1.02 bits per heavy atom. The molecular weight excluding hydrogens is 571 g/mol. The first-order valence-electron chi connectivity index (χ1n) is 14.1. The molecule has 0 N–H and O–H groups in total. The van der Waals surface area contributed by atoms with Crippen molar-refractivity contribution < 1.29 is 13.9 Å². The molecule has 0 spiro atoms. The van der Waals surface area contributed by atoms with Crippen LogP contribution in [0.25, 0.3) is 50.4 Å². The Morgan fingerprint density at radius 2 is 1.81 bits per heavy atom. The molecule has 3 aromatic carbocycles. The minimum atomic E-state index is -0.413. The zero-order chi connectivity index (χ0) is 30.0. The van der Waals surface area contributed by atoms with Crippen LogP contribution in [0.15, 0.2) is 59.8 Å². The number of hydrogen-bond donors (Lipinski definition) is 0. The number of hydrogen-bond acceptors (Lipinski definition) is 5. The highest BCUT2D eigenvalue weighted by atomic mass is 35.5. The maximum absolute atomic E-state index is 16.0. The van der Waals surface area contributed by atoms with Gasteiger partial charge in [-0.15, -0.1) is 0 Å². The third kappa shape index (κ3) is 4.35. The molecule has 7 rings (SSSR count). The lowest BCUT2D eigenvalue weighted by Gasteiger charge is -2.24. The normalized spacial score (nSPS) is 14.3. The second-order valence-corrected chi connectivity index (χ2v) is 11.4. The number of imidazole rings is 3. The molecule has 0 aliphatic carbocycles. The van der Waals surface area contributed by atoms with E-state index in [4.69, 9.17) is 26.1 Å². The lowest BCUT2D eigenvalue weighted by atomic mass is 9.90. The van der Waals surface area contributed by atoms with Crippen LogP contribution in [0.2, 0.25) is 5.02 Å². The van der Waals surface area contributed by atoms with E-state index in [9.17, 15) is 4.79 Å². The van der Waals surface area contributed by atoms with Crippen molar-refractivity contribution in [2.45, 2.75) is 18.8 Å². The Morgan fingerprint density at radius 3 is 2.51 bits per heavy atom. The molecule has 3 aromatic heterocycles. The fourth-order valence-corrected chi connectivity index (χ4v) is 6.54. The third-order valence-electron chi connectivity index (χ3n) is 8.55. The van der Waals surface area contributed by atoms with Crippen LogP contribution in [0.5, 0.6) is 5.75 Å². The molecule has 0 atom stereocenters. The molecule has 1 fully saturated rings. The lowest BCUT2D eigenvalue weighted by molar-refractivity contribution is 0.0855. The Kier molecular flexibility index (Phi) is 6.63. The van der Waals surface area contributed by atoms with Gasteiger partial charge in [-0.1, -0.05) is 17.7 Å². The van der Waals surface area contributed by atoms with Crippen LogP contribution in [0, 0.1) is 5.82 Å². The molecule has 1 aliphatic rings. The summed E-state index contributed by atoms with van der Waals surface area (Å²) in [6, 6.07) is 12.5. The van der Waals surface area contributed by atoms with Gasteiger partial charge in [0.1, 0.15) is 17.3 Å². The van der Waals surface area contributed by atoms with Gasteiger partial charge in [-0.2, -0.15) is 0 Å². The van der Waals surface area contributed by atoms with Gasteiger partial charge in [-0.05, 0) is 60.2 Å². The highest BCUT2D eigenvalue weighted by Crippen LogP contribution is 2.39. The summed E-state index contributed by atoms with van der Waals surface area (Å²) >= 11 is 6.39. The molecule has 1 saturated heterocycles. The van der Waals surface area contributed by atoms with Crippen LogP contribution in [0.4, 0.5) is 4.39 Å². The van der Waals surface area contributed by atoms with Crippen LogP contribution < -0.4 is 10.4 Å². The van der Waals surface area contributed by atoms with E-state index in [1.165, 1.54) is 13.2 Å². The van der Waals surface area contributed by atoms with Crippen molar-refractivity contribution >= 4 is 33.7 Å². The molecule has 0 radical (unpaired) electrons. The smallest absolute Gasteiger partial charge is 0.328 e. The standard InChI is InChI=1S/C32H30ClFN6O3/c1-37-17-35-16-28(37)31-36-25-14-21(19-5-6-29(42-4)23(33)11-19)24(34)15-26(25)40(31)20-12-22(18-7-9-43-10-8-18)30-27(13-20)38(2)32(41)39(30)3/h5-6,11-18H,7-10H2,1-4H3. The molecule has 0 bridgehead atoms. The number of nitrogens with zero attached hydrogens (tertiary/aromatic N) is 6. The van der Waals surface area contributed by atoms with Crippen molar-refractivity contribution in [1.82, 2.24) is 28.2 Å². The Balaban J connectivity index is 1.52. The van der Waals surface area contributed by atoms with E-state index in [1.54, 1.807) is 53.0 Å². The highest BCUT2D eigenvalue weighted by Gasteiger charge is 2.26. The summed E-state index contributed by atoms with van der Waals surface area (Å²) in [7, 11) is 7.03. The average molecular weight is 601 g/mol. The summed E-state index contributed by atoms with van der Waals surface area (Å²) < 4.78 is 34.1. The third-order valence-corrected chi connectivity index (χ3v) is 8.84. The predicted octanol–water partition coefficient (Wildman–Crippen LogP) is 5.98. The fourth-order valence-electron chi connectivity index (χ4n) is 6.28. The van der Waals surface area contributed by atoms with E-state index in [1.807, 2.05) is 29.3 Å². The summed E-state index contributed by atoms with van der Waals surface area (Å²) in [5, 5.41) is 0.392. The van der Waals surface area contributed by atoms with Crippen molar-refractivity contribution in [3.8, 4) is 34.1 Å². The van der Waals surface area contributed by atoms with Gasteiger partial charge >= 0.3 is 5.69 Å². The van der Waals surface area contributed by atoms with Crippen molar-refractivity contribution in [2.75, 3.05) is 20.3 Å². The summed E-state index contributed by atoms with van der Waals surface area (Å²) in [6.45, 7) is 1.32. The van der Waals surface area contributed by atoms with Gasteiger partial charge in [0.25, 0.3) is 0 Å². The SMILES string of the molecule is COc1ccc(-c2cc3nc(-c4cncn4C)n(-c4cc(C5CCOCC5)c5c(c4)n(C)c(=O)n5C)c3cc2F)cc1Cl. The predicted molar refractivity (Wildman–Crippen MR) is 165 cm³/mol. The maximum Gasteiger partial charge on any atom is 0.328 e.